The van der Waals surface area contributed by atoms with Crippen LogP contribution in [0.25, 0.3) is 11.3 Å². The van der Waals surface area contributed by atoms with Crippen molar-refractivity contribution >= 4 is 35.1 Å². The number of rotatable bonds is 5. The largest absolute Gasteiger partial charge is 0.343 e. The Bertz CT molecular complexity index is 1010. The van der Waals surface area contributed by atoms with Crippen molar-refractivity contribution in [3.63, 3.8) is 0 Å². The molecule has 33 heavy (non-hydrogen) atoms. The van der Waals surface area contributed by atoms with Crippen molar-refractivity contribution in [1.82, 2.24) is 30.0 Å². The first-order valence-corrected chi connectivity index (χ1v) is 11.6. The first-order chi connectivity index (χ1) is 15.6. The molecule has 10 heteroatoms. The van der Waals surface area contributed by atoms with Crippen molar-refractivity contribution in [2.45, 2.75) is 31.8 Å². The van der Waals surface area contributed by atoms with Crippen molar-refractivity contribution in [2.24, 2.45) is 0 Å². The van der Waals surface area contributed by atoms with Crippen molar-refractivity contribution in [3.05, 3.63) is 45.8 Å². The second kappa shape index (κ2) is 10.7. The van der Waals surface area contributed by atoms with E-state index in [9.17, 15) is 9.59 Å². The number of carbonyl (C=O) groups excluding carboxylic acids is 2. The standard InChI is InChI=1S/C23H30Cl2N6O2/c1-14(28-23(33)31(5)15-8-10-30(4)11-9-15)16-6-7-17(21(25)20(16)24)18-12-27-19(13-26-18)22(32)29(2)3/h6-7,12-15H,8-11H2,1-5H3,(H,28,33). The Labute approximate surface area is 204 Å². The summed E-state index contributed by atoms with van der Waals surface area (Å²) in [5.41, 5.74) is 2.06. The molecule has 1 saturated heterocycles. The molecule has 1 aliphatic heterocycles. The van der Waals surface area contributed by atoms with Crippen LogP contribution in [0.4, 0.5) is 4.79 Å². The number of nitrogens with one attached hydrogen (secondary N) is 1. The Balaban J connectivity index is 1.73. The van der Waals surface area contributed by atoms with Gasteiger partial charge < -0.3 is 20.0 Å². The first kappa shape index (κ1) is 25.2. The number of carbonyl (C=O) groups is 2. The lowest BCUT2D eigenvalue weighted by atomic mass is 10.0. The van der Waals surface area contributed by atoms with Crippen LogP contribution in [0.2, 0.25) is 10.0 Å². The molecule has 1 atom stereocenters. The van der Waals surface area contributed by atoms with Gasteiger partial charge in [0, 0.05) is 32.7 Å². The van der Waals surface area contributed by atoms with Gasteiger partial charge in [-0.3, -0.25) is 9.78 Å². The zero-order valence-electron chi connectivity index (χ0n) is 19.6. The van der Waals surface area contributed by atoms with E-state index in [1.165, 1.54) is 17.3 Å². The predicted molar refractivity (Wildman–Crippen MR) is 131 cm³/mol. The summed E-state index contributed by atoms with van der Waals surface area (Å²) >= 11 is 13.1. The molecule has 1 aromatic carbocycles. The molecule has 1 aromatic heterocycles. The lowest BCUT2D eigenvalue weighted by Gasteiger charge is -2.35. The Hall–Kier alpha value is -2.42. The summed E-state index contributed by atoms with van der Waals surface area (Å²) in [4.78, 5) is 38.8. The summed E-state index contributed by atoms with van der Waals surface area (Å²) in [5, 5.41) is 3.69. The van der Waals surface area contributed by atoms with E-state index in [4.69, 9.17) is 23.2 Å². The number of hydrogen-bond donors (Lipinski definition) is 1. The van der Waals surface area contributed by atoms with E-state index < -0.39 is 0 Å². The molecular formula is C23H30Cl2N6O2. The molecule has 1 unspecified atom stereocenters. The first-order valence-electron chi connectivity index (χ1n) is 10.8. The number of halogens is 2. The SMILES string of the molecule is CC(NC(=O)N(C)C1CCN(C)CC1)c1ccc(-c2cnc(C(=O)N(C)C)cn2)c(Cl)c1Cl. The van der Waals surface area contributed by atoms with Gasteiger partial charge in [0.25, 0.3) is 5.91 Å². The highest BCUT2D eigenvalue weighted by molar-refractivity contribution is 6.44. The van der Waals surface area contributed by atoms with Crippen molar-refractivity contribution < 1.29 is 9.59 Å². The van der Waals surface area contributed by atoms with Gasteiger partial charge in [-0.15, -0.1) is 0 Å². The zero-order chi connectivity index (χ0) is 24.3. The highest BCUT2D eigenvalue weighted by Crippen LogP contribution is 2.37. The van der Waals surface area contributed by atoms with Crippen molar-refractivity contribution in [1.29, 1.82) is 0 Å². The molecule has 3 amide bonds. The third-order valence-corrected chi connectivity index (χ3v) is 6.92. The average molecular weight is 493 g/mol. The topological polar surface area (TPSA) is 81.7 Å². The Morgan fingerprint density at radius 1 is 1.09 bits per heavy atom. The van der Waals surface area contributed by atoms with E-state index in [0.717, 1.165) is 25.9 Å². The van der Waals surface area contributed by atoms with Crippen LogP contribution in [0.1, 0.15) is 41.9 Å². The lowest BCUT2D eigenvalue weighted by Crippen LogP contribution is -2.48. The fourth-order valence-electron chi connectivity index (χ4n) is 3.82. The summed E-state index contributed by atoms with van der Waals surface area (Å²) in [5.74, 6) is -0.233. The van der Waals surface area contributed by atoms with Crippen LogP contribution >= 0.6 is 23.2 Å². The minimum absolute atomic E-state index is 0.139. The maximum atomic E-state index is 12.8. The molecule has 1 N–H and O–H groups in total. The predicted octanol–water partition coefficient (Wildman–Crippen LogP) is 3.95. The van der Waals surface area contributed by atoms with E-state index >= 15 is 0 Å². The van der Waals surface area contributed by atoms with Crippen molar-refractivity contribution in [3.8, 4) is 11.3 Å². The minimum atomic E-state index is -0.337. The molecule has 2 aromatic rings. The van der Waals surface area contributed by atoms with Gasteiger partial charge >= 0.3 is 6.03 Å². The molecular weight excluding hydrogens is 463 g/mol. The molecule has 0 aliphatic carbocycles. The molecule has 8 nitrogen and oxygen atoms in total. The van der Waals surface area contributed by atoms with Gasteiger partial charge in [0.05, 0.1) is 34.2 Å². The van der Waals surface area contributed by atoms with E-state index in [2.05, 4.69) is 27.2 Å². The number of urea groups is 1. The van der Waals surface area contributed by atoms with Gasteiger partial charge in [0.2, 0.25) is 0 Å². The smallest absolute Gasteiger partial charge is 0.317 e. The summed E-state index contributed by atoms with van der Waals surface area (Å²) in [6.07, 6.45) is 4.82. The second-order valence-corrected chi connectivity index (χ2v) is 9.39. The monoisotopic (exact) mass is 492 g/mol. The Morgan fingerprint density at radius 2 is 1.76 bits per heavy atom. The summed E-state index contributed by atoms with van der Waals surface area (Å²) < 4.78 is 0. The van der Waals surface area contributed by atoms with E-state index in [0.29, 0.717) is 26.9 Å². The fourth-order valence-corrected chi connectivity index (χ4v) is 4.41. The van der Waals surface area contributed by atoms with Gasteiger partial charge in [-0.25, -0.2) is 9.78 Å². The molecule has 0 spiro atoms. The van der Waals surface area contributed by atoms with Crippen LogP contribution < -0.4 is 5.32 Å². The quantitative estimate of drug-likeness (QED) is 0.683. The Kier molecular flexibility index (Phi) is 8.15. The van der Waals surface area contributed by atoms with Crippen molar-refractivity contribution in [2.75, 3.05) is 41.3 Å². The molecule has 178 valence electrons. The fraction of sp³-hybridized carbons (Fsp3) is 0.478. The maximum Gasteiger partial charge on any atom is 0.317 e. The maximum absolute atomic E-state index is 12.8. The third-order valence-electron chi connectivity index (χ3n) is 6.03. The van der Waals surface area contributed by atoms with Gasteiger partial charge in [-0.2, -0.15) is 0 Å². The van der Waals surface area contributed by atoms with E-state index in [1.807, 2.05) is 20.0 Å². The van der Waals surface area contributed by atoms with Gasteiger partial charge in [-0.1, -0.05) is 35.3 Å². The van der Waals surface area contributed by atoms with Gasteiger partial charge in [0.15, 0.2) is 0 Å². The number of benzene rings is 1. The summed E-state index contributed by atoms with van der Waals surface area (Å²) in [7, 11) is 7.23. The summed E-state index contributed by atoms with van der Waals surface area (Å²) in [6.45, 7) is 3.83. The number of nitrogens with zero attached hydrogens (tertiary/aromatic N) is 5. The average Bonchev–Trinajstić information content (AvgIpc) is 2.80. The van der Waals surface area contributed by atoms with Crippen LogP contribution in [0.15, 0.2) is 24.5 Å². The van der Waals surface area contributed by atoms with Crippen LogP contribution in [-0.4, -0.2) is 83.9 Å². The lowest BCUT2D eigenvalue weighted by molar-refractivity contribution is 0.0821. The minimum Gasteiger partial charge on any atom is -0.343 e. The van der Waals surface area contributed by atoms with E-state index in [-0.39, 0.29) is 29.7 Å². The summed E-state index contributed by atoms with van der Waals surface area (Å²) in [6, 6.07) is 3.36. The van der Waals surface area contributed by atoms with Crippen LogP contribution in [0, 0.1) is 0 Å². The van der Waals surface area contributed by atoms with Crippen LogP contribution in [0.5, 0.6) is 0 Å². The molecule has 0 bridgehead atoms. The number of piperidine rings is 1. The highest BCUT2D eigenvalue weighted by atomic mass is 35.5. The molecule has 0 saturated carbocycles. The molecule has 2 heterocycles. The zero-order valence-corrected chi connectivity index (χ0v) is 21.1. The molecule has 1 aliphatic rings. The number of aromatic nitrogens is 2. The third kappa shape index (κ3) is 5.75. The number of amides is 3. The van der Waals surface area contributed by atoms with Gasteiger partial charge in [-0.05, 0) is 45.5 Å². The van der Waals surface area contributed by atoms with Gasteiger partial charge in [0.1, 0.15) is 5.69 Å². The van der Waals surface area contributed by atoms with E-state index in [1.54, 1.807) is 25.1 Å². The normalized spacial score (nSPS) is 15.7. The molecule has 0 radical (unpaired) electrons. The number of likely N-dealkylation sites (tertiary alicyclic amines) is 1. The number of hydrogen-bond acceptors (Lipinski definition) is 5. The Morgan fingerprint density at radius 3 is 2.33 bits per heavy atom. The van der Waals surface area contributed by atoms with Crippen LogP contribution in [0.3, 0.4) is 0 Å². The molecule has 1 fully saturated rings. The highest BCUT2D eigenvalue weighted by Gasteiger charge is 2.26. The molecule has 3 rings (SSSR count). The second-order valence-electron chi connectivity index (χ2n) is 8.63. The van der Waals surface area contributed by atoms with Crippen LogP contribution in [-0.2, 0) is 0 Å².